The largest absolute Gasteiger partial charge is 0.0622 e. The summed E-state index contributed by atoms with van der Waals surface area (Å²) in [7, 11) is 0. The van der Waals surface area contributed by atoms with Gasteiger partial charge in [0.05, 0.1) is 0 Å². The van der Waals surface area contributed by atoms with E-state index in [0.717, 1.165) is 0 Å². The van der Waals surface area contributed by atoms with Gasteiger partial charge in [-0.05, 0) is 60.1 Å². The fourth-order valence-electron chi connectivity index (χ4n) is 2.81. The molecule has 3 rings (SSSR count). The highest BCUT2D eigenvalue weighted by atomic mass is 14.3. The van der Waals surface area contributed by atoms with E-state index < -0.39 is 0 Å². The van der Waals surface area contributed by atoms with Crippen molar-refractivity contribution in [3.05, 3.63) is 64.3 Å². The van der Waals surface area contributed by atoms with E-state index in [1.807, 2.05) is 0 Å². The van der Waals surface area contributed by atoms with Crippen molar-refractivity contribution in [3.63, 3.8) is 0 Å². The molecular formula is C16H16. The molecule has 0 N–H and O–H groups in total. The maximum atomic E-state index is 2.36. The number of hydrogen-bond acceptors (Lipinski definition) is 0. The van der Waals surface area contributed by atoms with E-state index in [9.17, 15) is 0 Å². The summed E-state index contributed by atoms with van der Waals surface area (Å²) in [5.74, 6) is 0. The van der Waals surface area contributed by atoms with Crippen LogP contribution in [0, 0.1) is 0 Å². The second-order valence-corrected chi connectivity index (χ2v) is 4.70. The van der Waals surface area contributed by atoms with Crippen LogP contribution in [0.1, 0.15) is 32.3 Å². The second-order valence-electron chi connectivity index (χ2n) is 4.70. The molecule has 0 fully saturated rings. The van der Waals surface area contributed by atoms with Gasteiger partial charge in [0.1, 0.15) is 0 Å². The molecule has 0 heterocycles. The number of benzene rings is 1. The average Bonchev–Trinajstić information content (AvgIpc) is 2.83. The zero-order valence-electron chi connectivity index (χ0n) is 9.88. The minimum atomic E-state index is 1.20. The molecule has 0 aliphatic heterocycles. The molecule has 1 aromatic rings. The van der Waals surface area contributed by atoms with Gasteiger partial charge in [0.25, 0.3) is 0 Å². The first-order valence-electron chi connectivity index (χ1n) is 5.95. The lowest BCUT2D eigenvalue weighted by atomic mass is 9.98. The van der Waals surface area contributed by atoms with Gasteiger partial charge >= 0.3 is 0 Å². The molecule has 0 atom stereocenters. The van der Waals surface area contributed by atoms with Gasteiger partial charge in [0.2, 0.25) is 0 Å². The summed E-state index contributed by atoms with van der Waals surface area (Å²) in [4.78, 5) is 0. The van der Waals surface area contributed by atoms with Crippen molar-refractivity contribution < 1.29 is 0 Å². The van der Waals surface area contributed by atoms with Gasteiger partial charge in [0, 0.05) is 0 Å². The molecule has 1 aromatic carbocycles. The van der Waals surface area contributed by atoms with Crippen molar-refractivity contribution in [3.8, 4) is 0 Å². The van der Waals surface area contributed by atoms with Gasteiger partial charge in [-0.15, -0.1) is 0 Å². The lowest BCUT2D eigenvalue weighted by Crippen LogP contribution is -1.86. The maximum absolute atomic E-state index is 2.36. The molecule has 80 valence electrons. The fourth-order valence-corrected chi connectivity index (χ4v) is 2.81. The number of hydrogen-bond donors (Lipinski definition) is 0. The quantitative estimate of drug-likeness (QED) is 0.637. The maximum Gasteiger partial charge on any atom is -0.0154 e. The standard InChI is InChI=1S/C16H16/c1-11-10-14-8-9-15(16(14)12(11)2)13-6-4-3-5-7-13/h3-7,10H,8-9H2,1-2H3. The van der Waals surface area contributed by atoms with E-state index in [4.69, 9.17) is 0 Å². The summed E-state index contributed by atoms with van der Waals surface area (Å²) in [5.41, 5.74) is 8.94. The molecule has 0 bridgehead atoms. The molecule has 0 radical (unpaired) electrons. The first-order chi connectivity index (χ1) is 7.77. The Labute approximate surface area is 97.0 Å². The topological polar surface area (TPSA) is 0 Å². The van der Waals surface area contributed by atoms with Crippen LogP contribution in [0.4, 0.5) is 0 Å². The predicted molar refractivity (Wildman–Crippen MR) is 69.1 cm³/mol. The van der Waals surface area contributed by atoms with Gasteiger partial charge in [-0.3, -0.25) is 0 Å². The van der Waals surface area contributed by atoms with Crippen LogP contribution in [-0.4, -0.2) is 0 Å². The molecular weight excluding hydrogens is 192 g/mol. The predicted octanol–water partition coefficient (Wildman–Crippen LogP) is 4.51. The second kappa shape index (κ2) is 3.48. The van der Waals surface area contributed by atoms with E-state index >= 15 is 0 Å². The van der Waals surface area contributed by atoms with Gasteiger partial charge in [0.15, 0.2) is 0 Å². The molecule has 0 aromatic heterocycles. The Morgan fingerprint density at radius 3 is 2.44 bits per heavy atom. The van der Waals surface area contributed by atoms with Crippen LogP contribution in [0.25, 0.3) is 5.57 Å². The molecule has 16 heavy (non-hydrogen) atoms. The Hall–Kier alpha value is -1.56. The van der Waals surface area contributed by atoms with Crippen LogP contribution in [0.3, 0.4) is 0 Å². The zero-order valence-corrected chi connectivity index (χ0v) is 9.88. The smallest absolute Gasteiger partial charge is 0.0154 e. The molecule has 0 spiro atoms. The van der Waals surface area contributed by atoms with Gasteiger partial charge < -0.3 is 0 Å². The highest BCUT2D eigenvalue weighted by Gasteiger charge is 2.26. The summed E-state index contributed by atoms with van der Waals surface area (Å²) in [6.07, 6.45) is 4.78. The van der Waals surface area contributed by atoms with Crippen molar-refractivity contribution in [1.29, 1.82) is 0 Å². The van der Waals surface area contributed by atoms with Crippen molar-refractivity contribution in [1.82, 2.24) is 0 Å². The van der Waals surface area contributed by atoms with Crippen molar-refractivity contribution in [2.75, 3.05) is 0 Å². The molecule has 0 nitrogen and oxygen atoms in total. The first kappa shape index (κ1) is 9.65. The van der Waals surface area contributed by atoms with E-state index in [1.165, 1.54) is 35.1 Å². The summed E-state index contributed by atoms with van der Waals surface area (Å²) < 4.78 is 0. The zero-order chi connectivity index (χ0) is 11.1. The highest BCUT2D eigenvalue weighted by molar-refractivity contribution is 5.83. The van der Waals surface area contributed by atoms with Crippen LogP contribution in [0.5, 0.6) is 0 Å². The number of allylic oxidation sites excluding steroid dienone is 6. The Kier molecular flexibility index (Phi) is 2.10. The third-order valence-corrected chi connectivity index (χ3v) is 3.75. The van der Waals surface area contributed by atoms with E-state index in [2.05, 4.69) is 50.3 Å². The molecule has 0 saturated heterocycles. The first-order valence-corrected chi connectivity index (χ1v) is 5.95. The van der Waals surface area contributed by atoms with Crippen LogP contribution in [0.15, 0.2) is 58.7 Å². The Morgan fingerprint density at radius 1 is 0.938 bits per heavy atom. The summed E-state index contributed by atoms with van der Waals surface area (Å²) in [5, 5.41) is 0. The summed E-state index contributed by atoms with van der Waals surface area (Å²) >= 11 is 0. The molecule has 0 amide bonds. The van der Waals surface area contributed by atoms with Crippen molar-refractivity contribution >= 4 is 5.57 Å². The van der Waals surface area contributed by atoms with Crippen LogP contribution >= 0.6 is 0 Å². The minimum absolute atomic E-state index is 1.20. The van der Waals surface area contributed by atoms with Crippen LogP contribution in [0.2, 0.25) is 0 Å². The van der Waals surface area contributed by atoms with E-state index in [1.54, 1.807) is 11.1 Å². The highest BCUT2D eigenvalue weighted by Crippen LogP contribution is 2.45. The Bertz CT molecular complexity index is 524. The number of rotatable bonds is 1. The van der Waals surface area contributed by atoms with E-state index in [0.29, 0.717) is 0 Å². The third-order valence-electron chi connectivity index (χ3n) is 3.75. The Morgan fingerprint density at radius 2 is 1.69 bits per heavy atom. The summed E-state index contributed by atoms with van der Waals surface area (Å²) in [6, 6.07) is 10.8. The molecule has 0 heteroatoms. The molecule has 2 aliphatic rings. The molecule has 2 aliphatic carbocycles. The normalized spacial score (nSPS) is 19.2. The van der Waals surface area contributed by atoms with E-state index in [-0.39, 0.29) is 0 Å². The van der Waals surface area contributed by atoms with Gasteiger partial charge in [-0.25, -0.2) is 0 Å². The SMILES string of the molecule is CC1=C(C)C2=C(c3ccccc3)CCC2=C1. The van der Waals surface area contributed by atoms with Crippen molar-refractivity contribution in [2.24, 2.45) is 0 Å². The average molecular weight is 208 g/mol. The fraction of sp³-hybridized carbons (Fsp3) is 0.250. The van der Waals surface area contributed by atoms with Gasteiger partial charge in [-0.1, -0.05) is 36.4 Å². The van der Waals surface area contributed by atoms with Gasteiger partial charge in [-0.2, -0.15) is 0 Å². The minimum Gasteiger partial charge on any atom is -0.0622 e. The lowest BCUT2D eigenvalue weighted by molar-refractivity contribution is 1.07. The number of fused-ring (bicyclic) bond motifs is 1. The molecule has 0 unspecified atom stereocenters. The van der Waals surface area contributed by atoms with Crippen LogP contribution in [-0.2, 0) is 0 Å². The Balaban J connectivity index is 2.17. The summed E-state index contributed by atoms with van der Waals surface area (Å²) in [6.45, 7) is 4.47. The third kappa shape index (κ3) is 1.30. The lowest BCUT2D eigenvalue weighted by Gasteiger charge is -2.07. The molecule has 0 saturated carbocycles. The van der Waals surface area contributed by atoms with Crippen molar-refractivity contribution in [2.45, 2.75) is 26.7 Å². The van der Waals surface area contributed by atoms with Crippen LogP contribution < -0.4 is 0 Å². The monoisotopic (exact) mass is 208 g/mol.